The van der Waals surface area contributed by atoms with Crippen LogP contribution in [0.3, 0.4) is 0 Å². The molecule has 1 aromatic heterocycles. The van der Waals surface area contributed by atoms with Crippen molar-refractivity contribution in [2.24, 2.45) is 5.73 Å². The third-order valence-corrected chi connectivity index (χ3v) is 6.28. The molecule has 166 valence electrons. The maximum absolute atomic E-state index is 11.5. The van der Waals surface area contributed by atoms with Gasteiger partial charge in [-0.2, -0.15) is 0 Å². The normalized spacial score (nSPS) is 10.8. The van der Waals surface area contributed by atoms with Gasteiger partial charge in [0.2, 0.25) is 5.91 Å². The first-order valence-electron chi connectivity index (χ1n) is 9.86. The van der Waals surface area contributed by atoms with E-state index in [4.69, 9.17) is 17.3 Å². The number of hydrogen-bond acceptors (Lipinski definition) is 6. The number of rotatable bonds is 8. The lowest BCUT2D eigenvalue weighted by Crippen LogP contribution is -2.11. The maximum atomic E-state index is 11.5. The number of benzene rings is 3. The number of primary amides is 1. The number of nitro benzene ring substituents is 1. The van der Waals surface area contributed by atoms with Crippen LogP contribution in [0, 0.1) is 10.1 Å². The molecule has 0 aliphatic rings. The SMILES string of the molecule is NC(=O)c1ccc(CSc2nnc(-c3ccccc3Cl)n2Cc2ccccc2)c([N+](=O)[O-])c1. The average Bonchev–Trinajstić information content (AvgIpc) is 3.20. The molecule has 0 unspecified atom stereocenters. The highest BCUT2D eigenvalue weighted by atomic mass is 35.5. The van der Waals surface area contributed by atoms with Gasteiger partial charge in [-0.3, -0.25) is 19.5 Å². The number of nitro groups is 1. The highest BCUT2D eigenvalue weighted by Crippen LogP contribution is 2.33. The number of thioether (sulfide) groups is 1. The minimum atomic E-state index is -0.718. The molecule has 0 radical (unpaired) electrons. The van der Waals surface area contributed by atoms with Gasteiger partial charge in [0.05, 0.1) is 16.5 Å². The van der Waals surface area contributed by atoms with E-state index in [0.717, 1.165) is 11.1 Å². The summed E-state index contributed by atoms with van der Waals surface area (Å²) in [5, 5.41) is 21.4. The minimum Gasteiger partial charge on any atom is -0.366 e. The van der Waals surface area contributed by atoms with Crippen LogP contribution in [0.25, 0.3) is 11.4 Å². The molecule has 2 N–H and O–H groups in total. The Balaban J connectivity index is 1.69. The van der Waals surface area contributed by atoms with Crippen molar-refractivity contribution in [1.29, 1.82) is 0 Å². The number of hydrogen-bond donors (Lipinski definition) is 1. The largest absolute Gasteiger partial charge is 0.366 e. The summed E-state index contributed by atoms with van der Waals surface area (Å²) in [5.41, 5.74) is 7.42. The molecule has 0 saturated carbocycles. The second kappa shape index (κ2) is 9.85. The molecule has 8 nitrogen and oxygen atoms in total. The molecule has 3 aromatic carbocycles. The quantitative estimate of drug-likeness (QED) is 0.217. The van der Waals surface area contributed by atoms with E-state index in [2.05, 4.69) is 10.2 Å². The zero-order chi connectivity index (χ0) is 23.4. The van der Waals surface area contributed by atoms with Crippen molar-refractivity contribution < 1.29 is 9.72 Å². The number of halogens is 1. The van der Waals surface area contributed by atoms with Gasteiger partial charge in [0, 0.05) is 28.5 Å². The summed E-state index contributed by atoms with van der Waals surface area (Å²) in [6, 6.07) is 21.4. The molecule has 0 atom stereocenters. The van der Waals surface area contributed by atoms with Crippen molar-refractivity contribution in [3.63, 3.8) is 0 Å². The van der Waals surface area contributed by atoms with E-state index in [0.29, 0.717) is 28.1 Å². The van der Waals surface area contributed by atoms with E-state index in [1.807, 2.05) is 53.1 Å². The Morgan fingerprint density at radius 1 is 1.06 bits per heavy atom. The number of nitrogens with two attached hydrogens (primary N) is 1. The predicted octanol–water partition coefficient (Wildman–Crippen LogP) is 4.95. The molecule has 1 heterocycles. The minimum absolute atomic E-state index is 0.0868. The van der Waals surface area contributed by atoms with Crippen LogP contribution >= 0.6 is 23.4 Å². The third kappa shape index (κ3) is 5.05. The summed E-state index contributed by atoms with van der Waals surface area (Å²) in [4.78, 5) is 22.4. The third-order valence-electron chi connectivity index (χ3n) is 4.94. The number of carbonyl (C=O) groups is 1. The molecule has 0 saturated heterocycles. The lowest BCUT2D eigenvalue weighted by molar-refractivity contribution is -0.385. The lowest BCUT2D eigenvalue weighted by Gasteiger charge is -2.11. The molecule has 4 aromatic rings. The van der Waals surface area contributed by atoms with Crippen molar-refractivity contribution in [2.45, 2.75) is 17.5 Å². The molecule has 0 spiro atoms. The van der Waals surface area contributed by atoms with Crippen LogP contribution in [0.15, 0.2) is 78.0 Å². The Bertz CT molecular complexity index is 1330. The molecule has 0 aliphatic heterocycles. The van der Waals surface area contributed by atoms with Crippen molar-refractivity contribution in [1.82, 2.24) is 14.8 Å². The van der Waals surface area contributed by atoms with E-state index < -0.39 is 10.8 Å². The van der Waals surface area contributed by atoms with Crippen LogP contribution in [0.5, 0.6) is 0 Å². The Morgan fingerprint density at radius 2 is 1.79 bits per heavy atom. The summed E-state index contributed by atoms with van der Waals surface area (Å²) in [7, 11) is 0. The first-order chi connectivity index (χ1) is 15.9. The van der Waals surface area contributed by atoms with Gasteiger partial charge in [-0.15, -0.1) is 10.2 Å². The van der Waals surface area contributed by atoms with Gasteiger partial charge in [0.15, 0.2) is 11.0 Å². The van der Waals surface area contributed by atoms with E-state index in [1.165, 1.54) is 30.0 Å². The highest BCUT2D eigenvalue weighted by molar-refractivity contribution is 7.98. The molecule has 4 rings (SSSR count). The average molecular weight is 480 g/mol. The monoisotopic (exact) mass is 479 g/mol. The van der Waals surface area contributed by atoms with Gasteiger partial charge < -0.3 is 5.73 Å². The van der Waals surface area contributed by atoms with Gasteiger partial charge in [-0.05, 0) is 23.8 Å². The number of nitrogens with zero attached hydrogens (tertiary/aromatic N) is 4. The van der Waals surface area contributed by atoms with E-state index in [1.54, 1.807) is 6.07 Å². The van der Waals surface area contributed by atoms with Crippen molar-refractivity contribution in [2.75, 3.05) is 0 Å². The van der Waals surface area contributed by atoms with Crippen LogP contribution in [0.1, 0.15) is 21.5 Å². The second-order valence-corrected chi connectivity index (χ2v) is 8.46. The number of carbonyl (C=O) groups excluding carboxylic acids is 1. The Morgan fingerprint density at radius 3 is 2.48 bits per heavy atom. The molecular formula is C23H18ClN5O3S. The molecule has 1 amide bonds. The Labute approximate surface area is 198 Å². The van der Waals surface area contributed by atoms with Gasteiger partial charge >= 0.3 is 0 Å². The van der Waals surface area contributed by atoms with Crippen molar-refractivity contribution in [3.8, 4) is 11.4 Å². The lowest BCUT2D eigenvalue weighted by atomic mass is 10.1. The second-order valence-electron chi connectivity index (χ2n) is 7.11. The van der Waals surface area contributed by atoms with Gasteiger partial charge in [-0.25, -0.2) is 0 Å². The van der Waals surface area contributed by atoms with Crippen molar-refractivity contribution in [3.05, 3.63) is 105 Å². The summed E-state index contributed by atoms with van der Waals surface area (Å²) in [5.74, 6) is 0.139. The summed E-state index contributed by atoms with van der Waals surface area (Å²) in [6.07, 6.45) is 0. The van der Waals surface area contributed by atoms with Gasteiger partial charge in [-0.1, -0.05) is 71.9 Å². The topological polar surface area (TPSA) is 117 Å². The highest BCUT2D eigenvalue weighted by Gasteiger charge is 2.20. The fourth-order valence-corrected chi connectivity index (χ4v) is 4.45. The van der Waals surface area contributed by atoms with Crippen LogP contribution < -0.4 is 5.73 Å². The smallest absolute Gasteiger partial charge is 0.274 e. The standard InChI is InChI=1S/C23H18ClN5O3S/c24-19-9-5-4-8-18(19)22-26-27-23(28(22)13-15-6-2-1-3-7-15)33-14-17-11-10-16(21(25)30)12-20(17)29(31)32/h1-12H,13-14H2,(H2,25,30). The van der Waals surface area contributed by atoms with E-state index in [9.17, 15) is 14.9 Å². The molecule has 0 aliphatic carbocycles. The molecular weight excluding hydrogens is 462 g/mol. The molecule has 0 fully saturated rings. The summed E-state index contributed by atoms with van der Waals surface area (Å²) < 4.78 is 1.94. The zero-order valence-corrected chi connectivity index (χ0v) is 18.8. The van der Waals surface area contributed by atoms with Gasteiger partial charge in [0.25, 0.3) is 5.69 Å². The van der Waals surface area contributed by atoms with Crippen LogP contribution in [0.2, 0.25) is 5.02 Å². The van der Waals surface area contributed by atoms with E-state index >= 15 is 0 Å². The predicted molar refractivity (Wildman–Crippen MR) is 127 cm³/mol. The molecule has 10 heteroatoms. The first-order valence-corrected chi connectivity index (χ1v) is 11.2. The summed E-state index contributed by atoms with van der Waals surface area (Å²) >= 11 is 7.72. The van der Waals surface area contributed by atoms with Crippen LogP contribution in [-0.2, 0) is 12.3 Å². The molecule has 0 bridgehead atoms. The Hall–Kier alpha value is -3.69. The van der Waals surface area contributed by atoms with Crippen LogP contribution in [-0.4, -0.2) is 25.6 Å². The van der Waals surface area contributed by atoms with Crippen molar-refractivity contribution >= 4 is 35.0 Å². The fourth-order valence-electron chi connectivity index (χ4n) is 3.30. The van der Waals surface area contributed by atoms with E-state index in [-0.39, 0.29) is 17.0 Å². The number of aromatic nitrogens is 3. The number of amides is 1. The van der Waals surface area contributed by atoms with Gasteiger partial charge in [0.1, 0.15) is 0 Å². The molecule has 33 heavy (non-hydrogen) atoms. The fraction of sp³-hybridized carbons (Fsp3) is 0.0870. The van der Waals surface area contributed by atoms with Crippen LogP contribution in [0.4, 0.5) is 5.69 Å². The zero-order valence-electron chi connectivity index (χ0n) is 17.2. The Kier molecular flexibility index (Phi) is 6.71. The first kappa shape index (κ1) is 22.5. The summed E-state index contributed by atoms with van der Waals surface area (Å²) in [6.45, 7) is 0.499. The maximum Gasteiger partial charge on any atom is 0.274 e.